The summed E-state index contributed by atoms with van der Waals surface area (Å²) in [5.74, 6) is -1.51. The molecule has 9 heteroatoms. The topological polar surface area (TPSA) is 82.3 Å². The van der Waals surface area contributed by atoms with Crippen LogP contribution in [0.3, 0.4) is 0 Å². The van der Waals surface area contributed by atoms with E-state index in [2.05, 4.69) is 9.72 Å². The first kappa shape index (κ1) is 15.2. The molecule has 1 aromatic heterocycles. The van der Waals surface area contributed by atoms with Crippen LogP contribution in [0.1, 0.15) is 24.6 Å². The van der Waals surface area contributed by atoms with Crippen LogP contribution < -0.4 is 0 Å². The van der Waals surface area contributed by atoms with Gasteiger partial charge >= 0.3 is 18.2 Å². The molecule has 6 nitrogen and oxygen atoms in total. The minimum absolute atomic E-state index is 0.103. The van der Waals surface area contributed by atoms with Crippen LogP contribution in [0.15, 0.2) is 6.07 Å². The molecule has 1 heterocycles. The number of aromatic nitrogens is 1. The molecule has 0 N–H and O–H groups in total. The molecule has 104 valence electrons. The molecule has 0 aliphatic carbocycles. The van der Waals surface area contributed by atoms with Gasteiger partial charge in [0.15, 0.2) is 0 Å². The standard InChI is InChI=1S/C10H9ClF2N2O4/c1-2-19-7(16)4-5-3-6(15(17)18)14-9(8(5)11)10(12)13/h3,10H,2,4H2,1H3. The average Bonchev–Trinajstić information content (AvgIpc) is 2.31. The number of nitrogens with zero attached hydrogens (tertiary/aromatic N) is 2. The van der Waals surface area contributed by atoms with E-state index in [9.17, 15) is 23.7 Å². The van der Waals surface area contributed by atoms with Gasteiger partial charge in [0.1, 0.15) is 0 Å². The van der Waals surface area contributed by atoms with E-state index in [0.29, 0.717) is 0 Å². The van der Waals surface area contributed by atoms with Crippen LogP contribution >= 0.6 is 11.6 Å². The smallest absolute Gasteiger partial charge is 0.364 e. The van der Waals surface area contributed by atoms with Crippen LogP contribution in [0, 0.1) is 10.1 Å². The Labute approximate surface area is 111 Å². The molecule has 0 saturated carbocycles. The molecular weight excluding hydrogens is 286 g/mol. The summed E-state index contributed by atoms with van der Waals surface area (Å²) in [6.45, 7) is 1.67. The van der Waals surface area contributed by atoms with Crippen molar-refractivity contribution in [3.8, 4) is 0 Å². The lowest BCUT2D eigenvalue weighted by Crippen LogP contribution is -2.10. The number of rotatable bonds is 5. The van der Waals surface area contributed by atoms with Crippen molar-refractivity contribution in [1.82, 2.24) is 4.98 Å². The lowest BCUT2D eigenvalue weighted by atomic mass is 10.1. The van der Waals surface area contributed by atoms with Gasteiger partial charge in [0, 0.05) is 6.07 Å². The van der Waals surface area contributed by atoms with Gasteiger partial charge in [-0.25, -0.2) is 8.78 Å². The Morgan fingerprint density at radius 2 is 2.26 bits per heavy atom. The number of ether oxygens (including phenoxy) is 1. The summed E-state index contributed by atoms with van der Waals surface area (Å²) in [5.41, 5.74) is -1.03. The van der Waals surface area contributed by atoms with E-state index in [1.165, 1.54) is 0 Å². The van der Waals surface area contributed by atoms with Crippen LogP contribution in [0.2, 0.25) is 5.02 Å². The van der Waals surface area contributed by atoms with Gasteiger partial charge < -0.3 is 14.9 Å². The maximum Gasteiger partial charge on any atom is 0.364 e. The Bertz CT molecular complexity index is 511. The highest BCUT2D eigenvalue weighted by molar-refractivity contribution is 6.32. The van der Waals surface area contributed by atoms with E-state index >= 15 is 0 Å². The van der Waals surface area contributed by atoms with E-state index in [1.807, 2.05) is 0 Å². The summed E-state index contributed by atoms with van der Waals surface area (Å²) in [7, 11) is 0. The zero-order valence-electron chi connectivity index (χ0n) is 9.73. The molecule has 0 aliphatic heterocycles. The van der Waals surface area contributed by atoms with Gasteiger partial charge in [-0.05, 0) is 22.4 Å². The van der Waals surface area contributed by atoms with Gasteiger partial charge in [-0.3, -0.25) is 4.79 Å². The zero-order valence-corrected chi connectivity index (χ0v) is 10.5. The molecule has 0 unspecified atom stereocenters. The minimum Gasteiger partial charge on any atom is -0.466 e. The lowest BCUT2D eigenvalue weighted by molar-refractivity contribution is -0.389. The predicted molar refractivity (Wildman–Crippen MR) is 61.2 cm³/mol. The molecule has 0 spiro atoms. The number of hydrogen-bond acceptors (Lipinski definition) is 5. The fourth-order valence-corrected chi connectivity index (χ4v) is 1.57. The van der Waals surface area contributed by atoms with Crippen molar-refractivity contribution in [3.63, 3.8) is 0 Å². The lowest BCUT2D eigenvalue weighted by Gasteiger charge is -2.06. The third-order valence-corrected chi connectivity index (χ3v) is 2.52. The molecule has 0 aromatic carbocycles. The summed E-state index contributed by atoms with van der Waals surface area (Å²) < 4.78 is 29.9. The third-order valence-electron chi connectivity index (χ3n) is 2.08. The Hall–Kier alpha value is -1.83. The molecule has 0 radical (unpaired) electrons. The summed E-state index contributed by atoms with van der Waals surface area (Å²) >= 11 is 5.65. The maximum atomic E-state index is 12.7. The van der Waals surface area contributed by atoms with Crippen molar-refractivity contribution in [1.29, 1.82) is 0 Å². The first-order valence-corrected chi connectivity index (χ1v) is 5.52. The van der Waals surface area contributed by atoms with E-state index in [-0.39, 0.29) is 12.2 Å². The summed E-state index contributed by atoms with van der Waals surface area (Å²) in [5, 5.41) is 10.1. The highest BCUT2D eigenvalue weighted by Crippen LogP contribution is 2.31. The van der Waals surface area contributed by atoms with Crippen LogP contribution in [-0.2, 0) is 16.0 Å². The number of hydrogen-bond donors (Lipinski definition) is 0. The molecule has 0 saturated heterocycles. The Balaban J connectivity index is 3.21. The number of pyridine rings is 1. The predicted octanol–water partition coefficient (Wildman–Crippen LogP) is 2.69. The second-order valence-corrected chi connectivity index (χ2v) is 3.76. The summed E-state index contributed by atoms with van der Waals surface area (Å²) in [6, 6.07) is 0.880. The summed E-state index contributed by atoms with van der Waals surface area (Å²) in [6.07, 6.45) is -3.51. The largest absolute Gasteiger partial charge is 0.466 e. The van der Waals surface area contributed by atoms with E-state index < -0.39 is 40.3 Å². The van der Waals surface area contributed by atoms with Gasteiger partial charge in [0.2, 0.25) is 5.69 Å². The molecule has 19 heavy (non-hydrogen) atoms. The molecule has 1 rings (SSSR count). The normalized spacial score (nSPS) is 10.6. The van der Waals surface area contributed by atoms with Gasteiger partial charge in [-0.15, -0.1) is 0 Å². The van der Waals surface area contributed by atoms with Crippen molar-refractivity contribution in [2.24, 2.45) is 0 Å². The average molecular weight is 295 g/mol. The second-order valence-electron chi connectivity index (χ2n) is 3.38. The fraction of sp³-hybridized carbons (Fsp3) is 0.400. The molecule has 0 fully saturated rings. The first-order valence-electron chi connectivity index (χ1n) is 5.14. The van der Waals surface area contributed by atoms with E-state index in [4.69, 9.17) is 11.6 Å². The number of nitro groups is 1. The Morgan fingerprint density at radius 3 is 2.74 bits per heavy atom. The zero-order chi connectivity index (χ0) is 14.6. The molecule has 0 atom stereocenters. The van der Waals surface area contributed by atoms with Crippen molar-refractivity contribution >= 4 is 23.4 Å². The Kier molecular flexibility index (Phi) is 5.11. The minimum atomic E-state index is -3.08. The SMILES string of the molecule is CCOC(=O)Cc1cc([N+](=O)[O-])nc(C(F)F)c1Cl. The number of esters is 1. The fourth-order valence-electron chi connectivity index (χ4n) is 1.32. The number of halogens is 3. The van der Waals surface area contributed by atoms with Crippen LogP contribution in [0.25, 0.3) is 0 Å². The molecular formula is C10H9ClF2N2O4. The van der Waals surface area contributed by atoms with Crippen molar-refractivity contribution in [3.05, 3.63) is 32.5 Å². The van der Waals surface area contributed by atoms with E-state index in [1.54, 1.807) is 6.92 Å². The Morgan fingerprint density at radius 1 is 1.63 bits per heavy atom. The van der Waals surface area contributed by atoms with E-state index in [0.717, 1.165) is 6.07 Å². The van der Waals surface area contributed by atoms with Gasteiger partial charge in [0.25, 0.3) is 0 Å². The molecule has 1 aromatic rings. The van der Waals surface area contributed by atoms with Gasteiger partial charge in [-0.1, -0.05) is 11.6 Å². The van der Waals surface area contributed by atoms with Crippen LogP contribution in [0.4, 0.5) is 14.6 Å². The molecule has 0 bridgehead atoms. The number of carbonyl (C=O) groups is 1. The van der Waals surface area contributed by atoms with Crippen LogP contribution in [-0.4, -0.2) is 22.5 Å². The van der Waals surface area contributed by atoms with Crippen molar-refractivity contribution in [2.75, 3.05) is 6.61 Å². The summed E-state index contributed by atoms with van der Waals surface area (Å²) in [4.78, 5) is 24.1. The quantitative estimate of drug-likeness (QED) is 0.474. The monoisotopic (exact) mass is 294 g/mol. The van der Waals surface area contributed by atoms with Crippen molar-refractivity contribution in [2.45, 2.75) is 19.8 Å². The second kappa shape index (κ2) is 6.37. The van der Waals surface area contributed by atoms with Crippen LogP contribution in [0.5, 0.6) is 0 Å². The molecule has 0 amide bonds. The maximum absolute atomic E-state index is 12.7. The highest BCUT2D eigenvalue weighted by atomic mass is 35.5. The third kappa shape index (κ3) is 3.82. The number of carbonyl (C=O) groups excluding carboxylic acids is 1. The van der Waals surface area contributed by atoms with Gasteiger partial charge in [-0.2, -0.15) is 0 Å². The highest BCUT2D eigenvalue weighted by Gasteiger charge is 2.27. The number of alkyl halides is 2. The van der Waals surface area contributed by atoms with Crippen molar-refractivity contribution < 1.29 is 23.2 Å². The van der Waals surface area contributed by atoms with Gasteiger partial charge in [0.05, 0.1) is 18.1 Å². The molecule has 0 aliphatic rings. The first-order chi connectivity index (χ1) is 8.86.